The van der Waals surface area contributed by atoms with E-state index in [-0.39, 0.29) is 12.2 Å². The quantitative estimate of drug-likeness (QED) is 0.374. The Bertz CT molecular complexity index is 1280. The molecule has 0 bridgehead atoms. The highest BCUT2D eigenvalue weighted by Crippen LogP contribution is 2.46. The Labute approximate surface area is 193 Å². The lowest BCUT2D eigenvalue weighted by molar-refractivity contribution is 0.0277. The van der Waals surface area contributed by atoms with Crippen LogP contribution in [0.2, 0.25) is 0 Å². The van der Waals surface area contributed by atoms with Gasteiger partial charge in [0.1, 0.15) is 16.2 Å². The van der Waals surface area contributed by atoms with Gasteiger partial charge in [-0.05, 0) is 58.7 Å². The number of benzene rings is 1. The summed E-state index contributed by atoms with van der Waals surface area (Å²) < 4.78 is 26.1. The van der Waals surface area contributed by atoms with E-state index >= 15 is 0 Å². The van der Waals surface area contributed by atoms with E-state index in [2.05, 4.69) is 30.9 Å². The molecule has 1 aliphatic rings. The topological polar surface area (TPSA) is 80.5 Å². The van der Waals surface area contributed by atoms with Crippen molar-refractivity contribution in [1.29, 1.82) is 0 Å². The standard InChI is InChI=1S/C23H21BrN4O4/c1-13-21(15-4-7-20(30-3)25-10-15)32-22-17(29-2)8-14(9-18(22)31-13)11-28-12-26-16-5-6-19(24)27-23(16)28/h4-10,12-13,21H,11H2,1-3H3/t13?,21-/m1/s1. The summed E-state index contributed by atoms with van der Waals surface area (Å²) in [6.45, 7) is 2.54. The van der Waals surface area contributed by atoms with E-state index < -0.39 is 0 Å². The molecule has 8 nitrogen and oxygen atoms in total. The first-order valence-electron chi connectivity index (χ1n) is 10.1. The lowest BCUT2D eigenvalue weighted by Crippen LogP contribution is -2.31. The van der Waals surface area contributed by atoms with Gasteiger partial charge in [0.15, 0.2) is 23.3 Å². The molecule has 0 radical (unpaired) electrons. The maximum atomic E-state index is 6.33. The van der Waals surface area contributed by atoms with Crippen molar-refractivity contribution >= 4 is 27.1 Å². The van der Waals surface area contributed by atoms with E-state index in [1.165, 1.54) is 0 Å². The van der Waals surface area contributed by atoms with Crippen LogP contribution in [0.5, 0.6) is 23.1 Å². The summed E-state index contributed by atoms with van der Waals surface area (Å²) in [7, 11) is 3.21. The number of imidazole rings is 1. The summed E-state index contributed by atoms with van der Waals surface area (Å²) >= 11 is 3.43. The number of hydrogen-bond acceptors (Lipinski definition) is 7. The molecule has 32 heavy (non-hydrogen) atoms. The molecule has 5 rings (SSSR count). The Kier molecular flexibility index (Phi) is 5.34. The minimum atomic E-state index is -0.320. The van der Waals surface area contributed by atoms with Crippen LogP contribution in [0, 0.1) is 0 Å². The van der Waals surface area contributed by atoms with Gasteiger partial charge in [-0.3, -0.25) is 0 Å². The third kappa shape index (κ3) is 3.73. The zero-order chi connectivity index (χ0) is 22.2. The summed E-state index contributed by atoms with van der Waals surface area (Å²) in [6.07, 6.45) is 2.98. The van der Waals surface area contributed by atoms with Gasteiger partial charge >= 0.3 is 0 Å². The van der Waals surface area contributed by atoms with Crippen molar-refractivity contribution in [3.05, 3.63) is 64.7 Å². The Morgan fingerprint density at radius 1 is 1.06 bits per heavy atom. The van der Waals surface area contributed by atoms with E-state index in [1.807, 2.05) is 47.9 Å². The molecule has 9 heteroatoms. The van der Waals surface area contributed by atoms with Gasteiger partial charge in [0.25, 0.3) is 0 Å². The minimum absolute atomic E-state index is 0.218. The molecule has 0 N–H and O–H groups in total. The smallest absolute Gasteiger partial charge is 0.212 e. The molecule has 0 saturated carbocycles. The van der Waals surface area contributed by atoms with Crippen molar-refractivity contribution in [2.75, 3.05) is 14.2 Å². The first-order valence-corrected chi connectivity index (χ1v) is 10.9. The average molecular weight is 497 g/mol. The molecule has 0 fully saturated rings. The lowest BCUT2D eigenvalue weighted by Gasteiger charge is -2.33. The van der Waals surface area contributed by atoms with Crippen LogP contribution >= 0.6 is 15.9 Å². The van der Waals surface area contributed by atoms with E-state index in [9.17, 15) is 0 Å². The summed E-state index contributed by atoms with van der Waals surface area (Å²) in [5, 5.41) is 0. The van der Waals surface area contributed by atoms with Crippen LogP contribution < -0.4 is 18.9 Å². The normalized spacial score (nSPS) is 17.4. The van der Waals surface area contributed by atoms with Crippen LogP contribution in [0.25, 0.3) is 11.2 Å². The summed E-state index contributed by atoms with van der Waals surface area (Å²) in [6, 6.07) is 11.5. The Morgan fingerprint density at radius 3 is 2.69 bits per heavy atom. The summed E-state index contributed by atoms with van der Waals surface area (Å²) in [4.78, 5) is 13.3. The van der Waals surface area contributed by atoms with Crippen LogP contribution in [-0.4, -0.2) is 39.8 Å². The molecule has 2 atom stereocenters. The van der Waals surface area contributed by atoms with E-state index in [4.69, 9.17) is 18.9 Å². The van der Waals surface area contributed by atoms with Crippen molar-refractivity contribution < 1.29 is 18.9 Å². The molecule has 0 aliphatic carbocycles. The SMILES string of the molecule is COc1ccc([C@@H]2Oc3c(OC)cc(Cn4cnc5ccc(Br)nc54)cc3OC2C)cn1. The fourth-order valence-electron chi connectivity index (χ4n) is 3.81. The van der Waals surface area contributed by atoms with Crippen molar-refractivity contribution in [3.63, 3.8) is 0 Å². The minimum Gasteiger partial charge on any atom is -0.493 e. The molecule has 4 heterocycles. The summed E-state index contributed by atoms with van der Waals surface area (Å²) in [5.74, 6) is 2.37. The average Bonchev–Trinajstić information content (AvgIpc) is 3.19. The molecule has 164 valence electrons. The molecule has 4 aromatic rings. The molecule has 0 spiro atoms. The number of rotatable bonds is 5. The zero-order valence-corrected chi connectivity index (χ0v) is 19.4. The van der Waals surface area contributed by atoms with Crippen LogP contribution in [0.3, 0.4) is 0 Å². The molecular weight excluding hydrogens is 476 g/mol. The first-order chi connectivity index (χ1) is 15.6. The molecule has 0 amide bonds. The largest absolute Gasteiger partial charge is 0.493 e. The van der Waals surface area contributed by atoms with E-state index in [0.29, 0.717) is 29.7 Å². The molecule has 1 aromatic carbocycles. The predicted molar refractivity (Wildman–Crippen MR) is 122 cm³/mol. The van der Waals surface area contributed by atoms with Crippen molar-refractivity contribution in [2.24, 2.45) is 0 Å². The second kappa shape index (κ2) is 8.31. The number of aromatic nitrogens is 4. The van der Waals surface area contributed by atoms with E-state index in [0.717, 1.165) is 26.9 Å². The maximum Gasteiger partial charge on any atom is 0.212 e. The zero-order valence-electron chi connectivity index (χ0n) is 17.8. The van der Waals surface area contributed by atoms with Crippen molar-refractivity contribution in [3.8, 4) is 23.1 Å². The molecule has 3 aromatic heterocycles. The predicted octanol–water partition coefficient (Wildman–Crippen LogP) is 4.56. The van der Waals surface area contributed by atoms with Gasteiger partial charge in [-0.1, -0.05) is 0 Å². The lowest BCUT2D eigenvalue weighted by atomic mass is 10.0. The highest BCUT2D eigenvalue weighted by molar-refractivity contribution is 9.10. The van der Waals surface area contributed by atoms with Crippen molar-refractivity contribution in [2.45, 2.75) is 25.7 Å². The second-order valence-electron chi connectivity index (χ2n) is 7.47. The fraction of sp³-hybridized carbons (Fsp3) is 0.261. The number of fused-ring (bicyclic) bond motifs is 2. The highest BCUT2D eigenvalue weighted by Gasteiger charge is 2.32. The Balaban J connectivity index is 1.46. The Hall–Kier alpha value is -3.33. The van der Waals surface area contributed by atoms with Gasteiger partial charge < -0.3 is 23.5 Å². The van der Waals surface area contributed by atoms with Crippen LogP contribution in [-0.2, 0) is 6.54 Å². The monoisotopic (exact) mass is 496 g/mol. The van der Waals surface area contributed by atoms with Gasteiger partial charge in [0.2, 0.25) is 11.6 Å². The third-order valence-corrected chi connectivity index (χ3v) is 5.80. The van der Waals surface area contributed by atoms with Crippen LogP contribution in [0.4, 0.5) is 0 Å². The maximum absolute atomic E-state index is 6.33. The third-order valence-electron chi connectivity index (χ3n) is 5.36. The second-order valence-corrected chi connectivity index (χ2v) is 8.28. The van der Waals surface area contributed by atoms with Gasteiger partial charge in [-0.15, -0.1) is 0 Å². The number of ether oxygens (including phenoxy) is 4. The molecule has 0 saturated heterocycles. The molecule has 1 unspecified atom stereocenters. The fourth-order valence-corrected chi connectivity index (χ4v) is 4.11. The first kappa shape index (κ1) is 20.6. The van der Waals surface area contributed by atoms with Crippen LogP contribution in [0.15, 0.2) is 53.5 Å². The highest BCUT2D eigenvalue weighted by atomic mass is 79.9. The number of halogens is 1. The van der Waals surface area contributed by atoms with Gasteiger partial charge in [-0.2, -0.15) is 0 Å². The number of pyridine rings is 2. The molecule has 1 aliphatic heterocycles. The van der Waals surface area contributed by atoms with Crippen molar-refractivity contribution in [1.82, 2.24) is 19.5 Å². The number of nitrogens with zero attached hydrogens (tertiary/aromatic N) is 4. The number of hydrogen-bond donors (Lipinski definition) is 0. The van der Waals surface area contributed by atoms with Gasteiger partial charge in [0.05, 0.1) is 27.1 Å². The number of methoxy groups -OCH3 is 2. The van der Waals surface area contributed by atoms with Gasteiger partial charge in [0, 0.05) is 17.8 Å². The Morgan fingerprint density at radius 2 is 1.94 bits per heavy atom. The van der Waals surface area contributed by atoms with E-state index in [1.54, 1.807) is 26.7 Å². The summed E-state index contributed by atoms with van der Waals surface area (Å²) in [5.41, 5.74) is 3.52. The van der Waals surface area contributed by atoms with Gasteiger partial charge in [-0.25, -0.2) is 15.0 Å². The van der Waals surface area contributed by atoms with Crippen LogP contribution in [0.1, 0.15) is 24.2 Å². The molecular formula is C23H21BrN4O4.